The normalized spacial score (nSPS) is 15.4. The smallest absolute Gasteiger partial charge is 0.242 e. The summed E-state index contributed by atoms with van der Waals surface area (Å²) in [5.41, 5.74) is 0. The summed E-state index contributed by atoms with van der Waals surface area (Å²) in [6.45, 7) is 8.44. The SMILES string of the molecule is CC(=O)N(CCC(C)C)CC(=O)N1CCCC1. The molecule has 0 radical (unpaired) electrons. The highest BCUT2D eigenvalue weighted by Gasteiger charge is 2.21. The van der Waals surface area contributed by atoms with Crippen LogP contribution in [-0.4, -0.2) is 47.8 Å². The van der Waals surface area contributed by atoms with Gasteiger partial charge in [-0.2, -0.15) is 0 Å². The van der Waals surface area contributed by atoms with Crippen molar-refractivity contribution in [2.45, 2.75) is 40.0 Å². The number of carbonyl (C=O) groups is 2. The average Bonchev–Trinajstić information content (AvgIpc) is 2.76. The first-order valence-corrected chi connectivity index (χ1v) is 6.54. The zero-order valence-electron chi connectivity index (χ0n) is 11.2. The highest BCUT2D eigenvalue weighted by atomic mass is 16.2. The second-order valence-electron chi connectivity index (χ2n) is 5.21. The first-order chi connectivity index (χ1) is 8.00. The Kier molecular flexibility index (Phi) is 5.45. The molecule has 0 aromatic heterocycles. The Morgan fingerprint density at radius 2 is 1.82 bits per heavy atom. The molecule has 0 saturated carbocycles. The molecule has 4 heteroatoms. The van der Waals surface area contributed by atoms with Crippen LogP contribution in [0.25, 0.3) is 0 Å². The van der Waals surface area contributed by atoms with Crippen molar-refractivity contribution in [2.75, 3.05) is 26.2 Å². The molecule has 4 nitrogen and oxygen atoms in total. The predicted octanol–water partition coefficient (Wildman–Crippen LogP) is 1.50. The molecule has 0 N–H and O–H groups in total. The lowest BCUT2D eigenvalue weighted by atomic mass is 10.1. The van der Waals surface area contributed by atoms with Gasteiger partial charge in [-0.15, -0.1) is 0 Å². The van der Waals surface area contributed by atoms with E-state index < -0.39 is 0 Å². The monoisotopic (exact) mass is 240 g/mol. The van der Waals surface area contributed by atoms with Crippen LogP contribution >= 0.6 is 0 Å². The van der Waals surface area contributed by atoms with Gasteiger partial charge in [-0.1, -0.05) is 13.8 Å². The van der Waals surface area contributed by atoms with Gasteiger partial charge in [0.05, 0.1) is 6.54 Å². The van der Waals surface area contributed by atoms with E-state index in [-0.39, 0.29) is 18.4 Å². The number of hydrogen-bond acceptors (Lipinski definition) is 2. The second kappa shape index (κ2) is 6.62. The number of carbonyl (C=O) groups excluding carboxylic acids is 2. The van der Waals surface area contributed by atoms with E-state index in [1.807, 2.05) is 4.90 Å². The summed E-state index contributed by atoms with van der Waals surface area (Å²) < 4.78 is 0. The molecule has 0 spiro atoms. The van der Waals surface area contributed by atoms with Crippen LogP contribution in [0.1, 0.15) is 40.0 Å². The number of nitrogens with zero attached hydrogens (tertiary/aromatic N) is 2. The Balaban J connectivity index is 2.42. The zero-order chi connectivity index (χ0) is 12.8. The van der Waals surface area contributed by atoms with Crippen molar-refractivity contribution in [1.82, 2.24) is 9.80 Å². The summed E-state index contributed by atoms with van der Waals surface area (Å²) in [6.07, 6.45) is 3.14. The van der Waals surface area contributed by atoms with Crippen molar-refractivity contribution in [3.63, 3.8) is 0 Å². The summed E-state index contributed by atoms with van der Waals surface area (Å²) in [7, 11) is 0. The highest BCUT2D eigenvalue weighted by molar-refractivity contribution is 5.83. The van der Waals surface area contributed by atoms with Crippen LogP contribution in [0.3, 0.4) is 0 Å². The Morgan fingerprint density at radius 3 is 2.29 bits per heavy atom. The molecule has 17 heavy (non-hydrogen) atoms. The van der Waals surface area contributed by atoms with Crippen LogP contribution in [0.2, 0.25) is 0 Å². The fourth-order valence-electron chi connectivity index (χ4n) is 1.99. The maximum absolute atomic E-state index is 11.9. The average molecular weight is 240 g/mol. The van der Waals surface area contributed by atoms with Crippen molar-refractivity contribution >= 4 is 11.8 Å². The topological polar surface area (TPSA) is 40.6 Å². The Hall–Kier alpha value is -1.06. The van der Waals surface area contributed by atoms with Crippen LogP contribution in [0.4, 0.5) is 0 Å². The summed E-state index contributed by atoms with van der Waals surface area (Å²) in [5, 5.41) is 0. The van der Waals surface area contributed by atoms with Gasteiger partial charge in [0.25, 0.3) is 0 Å². The number of amides is 2. The molecule has 0 aliphatic carbocycles. The number of rotatable bonds is 5. The molecule has 1 aliphatic rings. The molecule has 1 fully saturated rings. The van der Waals surface area contributed by atoms with E-state index in [1.54, 1.807) is 4.90 Å². The van der Waals surface area contributed by atoms with E-state index in [2.05, 4.69) is 13.8 Å². The molecule has 0 unspecified atom stereocenters. The molecule has 1 rings (SSSR count). The maximum Gasteiger partial charge on any atom is 0.242 e. The summed E-state index contributed by atoms with van der Waals surface area (Å²) in [4.78, 5) is 26.9. The van der Waals surface area contributed by atoms with Crippen molar-refractivity contribution in [1.29, 1.82) is 0 Å². The van der Waals surface area contributed by atoms with Crippen molar-refractivity contribution in [2.24, 2.45) is 5.92 Å². The van der Waals surface area contributed by atoms with Crippen LogP contribution < -0.4 is 0 Å². The Bertz CT molecular complexity index is 271. The van der Waals surface area contributed by atoms with Gasteiger partial charge in [-0.3, -0.25) is 9.59 Å². The third-order valence-electron chi connectivity index (χ3n) is 3.21. The minimum atomic E-state index is -0.00167. The molecule has 2 amide bonds. The first-order valence-electron chi connectivity index (χ1n) is 6.54. The summed E-state index contributed by atoms with van der Waals surface area (Å²) in [6, 6.07) is 0. The highest BCUT2D eigenvalue weighted by Crippen LogP contribution is 2.09. The van der Waals surface area contributed by atoms with E-state index in [0.717, 1.165) is 32.4 Å². The first kappa shape index (κ1) is 14.0. The van der Waals surface area contributed by atoms with Gasteiger partial charge in [0, 0.05) is 26.6 Å². The minimum Gasteiger partial charge on any atom is -0.341 e. The van der Waals surface area contributed by atoms with Gasteiger partial charge in [-0.05, 0) is 25.2 Å². The van der Waals surface area contributed by atoms with E-state index in [1.165, 1.54) is 6.92 Å². The largest absolute Gasteiger partial charge is 0.341 e. The fraction of sp³-hybridized carbons (Fsp3) is 0.846. The molecule has 1 saturated heterocycles. The van der Waals surface area contributed by atoms with Gasteiger partial charge in [0.2, 0.25) is 11.8 Å². The van der Waals surface area contributed by atoms with E-state index >= 15 is 0 Å². The minimum absolute atomic E-state index is 0.00167. The van der Waals surface area contributed by atoms with Crippen molar-refractivity contribution < 1.29 is 9.59 Å². The molecule has 98 valence electrons. The molecule has 1 aliphatic heterocycles. The quantitative estimate of drug-likeness (QED) is 0.730. The molecular weight excluding hydrogens is 216 g/mol. The molecule has 0 bridgehead atoms. The summed E-state index contributed by atoms with van der Waals surface area (Å²) in [5.74, 6) is 0.651. The van der Waals surface area contributed by atoms with Crippen LogP contribution in [0.15, 0.2) is 0 Å². The molecule has 0 aromatic carbocycles. The molecular formula is C13H24N2O2. The van der Waals surface area contributed by atoms with Gasteiger partial charge >= 0.3 is 0 Å². The van der Waals surface area contributed by atoms with Crippen LogP contribution in [0.5, 0.6) is 0 Å². The predicted molar refractivity (Wildman–Crippen MR) is 67.5 cm³/mol. The standard InChI is InChI=1S/C13H24N2O2/c1-11(2)6-9-15(12(3)16)10-13(17)14-7-4-5-8-14/h11H,4-10H2,1-3H3. The van der Waals surface area contributed by atoms with E-state index in [0.29, 0.717) is 12.5 Å². The Labute approximate surface area is 104 Å². The third-order valence-corrected chi connectivity index (χ3v) is 3.21. The van der Waals surface area contributed by atoms with Gasteiger partial charge in [-0.25, -0.2) is 0 Å². The van der Waals surface area contributed by atoms with Crippen LogP contribution in [0, 0.1) is 5.92 Å². The molecule has 0 aromatic rings. The van der Waals surface area contributed by atoms with Crippen LogP contribution in [-0.2, 0) is 9.59 Å². The Morgan fingerprint density at radius 1 is 1.24 bits per heavy atom. The van der Waals surface area contributed by atoms with E-state index in [9.17, 15) is 9.59 Å². The fourth-order valence-corrected chi connectivity index (χ4v) is 1.99. The molecule has 0 atom stereocenters. The number of likely N-dealkylation sites (tertiary alicyclic amines) is 1. The zero-order valence-corrected chi connectivity index (χ0v) is 11.2. The van der Waals surface area contributed by atoms with E-state index in [4.69, 9.17) is 0 Å². The number of hydrogen-bond donors (Lipinski definition) is 0. The lowest BCUT2D eigenvalue weighted by molar-refractivity contribution is -0.138. The lowest BCUT2D eigenvalue weighted by Gasteiger charge is -2.24. The van der Waals surface area contributed by atoms with Crippen molar-refractivity contribution in [3.8, 4) is 0 Å². The second-order valence-corrected chi connectivity index (χ2v) is 5.21. The van der Waals surface area contributed by atoms with Crippen molar-refractivity contribution in [3.05, 3.63) is 0 Å². The van der Waals surface area contributed by atoms with Gasteiger partial charge in [0.15, 0.2) is 0 Å². The lowest BCUT2D eigenvalue weighted by Crippen LogP contribution is -2.41. The van der Waals surface area contributed by atoms with Gasteiger partial charge < -0.3 is 9.80 Å². The molecule has 1 heterocycles. The summed E-state index contributed by atoms with van der Waals surface area (Å²) >= 11 is 0. The third kappa shape index (κ3) is 4.75. The maximum atomic E-state index is 11.9. The van der Waals surface area contributed by atoms with Gasteiger partial charge in [0.1, 0.15) is 0 Å².